The highest BCUT2D eigenvalue weighted by molar-refractivity contribution is 6.30. The number of nitrogens with zero attached hydrogens (tertiary/aromatic N) is 1. The van der Waals surface area contributed by atoms with Gasteiger partial charge in [-0.25, -0.2) is 0 Å². The number of anilines is 1. The van der Waals surface area contributed by atoms with Crippen LogP contribution in [0.2, 0.25) is 5.02 Å². The minimum absolute atomic E-state index is 0.106. The molecule has 0 bridgehead atoms. The molecule has 0 saturated carbocycles. The summed E-state index contributed by atoms with van der Waals surface area (Å²) < 4.78 is 0. The average molecular weight is 338 g/mol. The second-order valence-electron chi connectivity index (χ2n) is 5.88. The Bertz CT molecular complexity index is 541. The van der Waals surface area contributed by atoms with Gasteiger partial charge in [0.2, 0.25) is 11.8 Å². The van der Waals surface area contributed by atoms with Crippen LogP contribution in [0, 0.1) is 0 Å². The van der Waals surface area contributed by atoms with Gasteiger partial charge in [-0.1, -0.05) is 38.3 Å². The zero-order valence-corrected chi connectivity index (χ0v) is 14.4. The molecule has 5 nitrogen and oxygen atoms in total. The van der Waals surface area contributed by atoms with E-state index in [4.69, 9.17) is 11.6 Å². The molecule has 1 atom stereocenters. The molecule has 2 N–H and O–H groups in total. The molecular weight excluding hydrogens is 314 g/mol. The summed E-state index contributed by atoms with van der Waals surface area (Å²) in [6, 6.07) is 6.72. The van der Waals surface area contributed by atoms with Gasteiger partial charge in [0.05, 0.1) is 12.1 Å². The normalized spacial score (nSPS) is 17.5. The van der Waals surface area contributed by atoms with Crippen LogP contribution in [0.25, 0.3) is 0 Å². The number of nitrogens with one attached hydrogen (secondary N) is 2. The number of carbonyl (C=O) groups is 2. The van der Waals surface area contributed by atoms with Crippen LogP contribution in [0.15, 0.2) is 24.3 Å². The third kappa shape index (κ3) is 4.61. The highest BCUT2D eigenvalue weighted by atomic mass is 35.5. The SMILES string of the molecule is CCCC(CCC)NC(=O)C1CC(=O)NN1c1ccc(Cl)cc1. The van der Waals surface area contributed by atoms with E-state index in [0.29, 0.717) is 5.02 Å². The molecule has 1 unspecified atom stereocenters. The van der Waals surface area contributed by atoms with Gasteiger partial charge in [0.1, 0.15) is 6.04 Å². The Morgan fingerprint density at radius 2 is 1.91 bits per heavy atom. The number of hydrogen-bond acceptors (Lipinski definition) is 3. The van der Waals surface area contributed by atoms with Crippen molar-refractivity contribution in [1.29, 1.82) is 0 Å². The third-order valence-electron chi connectivity index (χ3n) is 3.96. The van der Waals surface area contributed by atoms with Crippen molar-refractivity contribution in [3.8, 4) is 0 Å². The molecule has 0 aliphatic carbocycles. The van der Waals surface area contributed by atoms with E-state index in [0.717, 1.165) is 31.4 Å². The first kappa shape index (κ1) is 17.6. The predicted octanol–water partition coefficient (Wildman–Crippen LogP) is 3.03. The molecule has 1 aromatic carbocycles. The molecule has 6 heteroatoms. The van der Waals surface area contributed by atoms with Gasteiger partial charge < -0.3 is 5.32 Å². The fourth-order valence-corrected chi connectivity index (χ4v) is 2.99. The molecule has 1 heterocycles. The zero-order valence-electron chi connectivity index (χ0n) is 13.6. The van der Waals surface area contributed by atoms with Crippen molar-refractivity contribution in [2.45, 2.75) is 58.0 Å². The van der Waals surface area contributed by atoms with Gasteiger partial charge in [0, 0.05) is 11.1 Å². The summed E-state index contributed by atoms with van der Waals surface area (Å²) >= 11 is 5.90. The maximum absolute atomic E-state index is 12.6. The van der Waals surface area contributed by atoms with Gasteiger partial charge in [-0.2, -0.15) is 0 Å². The molecular formula is C17H24ClN3O2. The van der Waals surface area contributed by atoms with Crippen molar-refractivity contribution >= 4 is 29.1 Å². The molecule has 126 valence electrons. The Hall–Kier alpha value is -1.75. The van der Waals surface area contributed by atoms with Crippen LogP contribution >= 0.6 is 11.6 Å². The fraction of sp³-hybridized carbons (Fsp3) is 0.529. The average Bonchev–Trinajstić information content (AvgIpc) is 2.90. The van der Waals surface area contributed by atoms with Crippen molar-refractivity contribution in [3.05, 3.63) is 29.3 Å². The minimum Gasteiger partial charge on any atom is -0.352 e. The summed E-state index contributed by atoms with van der Waals surface area (Å²) in [7, 11) is 0. The molecule has 2 amide bonds. The molecule has 23 heavy (non-hydrogen) atoms. The Kier molecular flexibility index (Phi) is 6.28. The number of hydrazine groups is 1. The van der Waals surface area contributed by atoms with E-state index in [9.17, 15) is 9.59 Å². The summed E-state index contributed by atoms with van der Waals surface area (Å²) in [5.41, 5.74) is 3.50. The molecule has 0 radical (unpaired) electrons. The zero-order chi connectivity index (χ0) is 16.8. The van der Waals surface area contributed by atoms with E-state index in [1.54, 1.807) is 29.3 Å². The standard InChI is InChI=1S/C17H24ClN3O2/c1-3-5-13(6-4-2)19-17(23)15-11-16(22)20-21(15)14-9-7-12(18)8-10-14/h7-10,13,15H,3-6,11H2,1-2H3,(H,19,23)(H,20,22). The van der Waals surface area contributed by atoms with E-state index in [1.165, 1.54) is 0 Å². The molecule has 1 aromatic rings. The fourth-order valence-electron chi connectivity index (χ4n) is 2.86. The summed E-state index contributed by atoms with van der Waals surface area (Å²) in [6.07, 6.45) is 4.12. The first-order valence-corrected chi connectivity index (χ1v) is 8.57. The van der Waals surface area contributed by atoms with Gasteiger partial charge in [-0.3, -0.25) is 20.0 Å². The Balaban J connectivity index is 2.10. The van der Waals surface area contributed by atoms with Crippen LogP contribution in [0.1, 0.15) is 46.0 Å². The molecule has 1 aliphatic rings. The van der Waals surface area contributed by atoms with Crippen LogP contribution in [0.3, 0.4) is 0 Å². The van der Waals surface area contributed by atoms with Crippen LogP contribution < -0.4 is 15.8 Å². The number of rotatable bonds is 7. The second kappa shape index (κ2) is 8.20. The van der Waals surface area contributed by atoms with Crippen molar-refractivity contribution in [3.63, 3.8) is 0 Å². The molecule has 1 saturated heterocycles. The third-order valence-corrected chi connectivity index (χ3v) is 4.22. The lowest BCUT2D eigenvalue weighted by atomic mass is 10.1. The first-order chi connectivity index (χ1) is 11.0. The lowest BCUT2D eigenvalue weighted by Gasteiger charge is -2.27. The van der Waals surface area contributed by atoms with Gasteiger partial charge in [0.15, 0.2) is 0 Å². The minimum atomic E-state index is -0.528. The van der Waals surface area contributed by atoms with Crippen LogP contribution in [-0.4, -0.2) is 23.9 Å². The Labute approximate surface area is 142 Å². The number of amides is 2. The summed E-state index contributed by atoms with van der Waals surface area (Å²) in [6.45, 7) is 4.21. The van der Waals surface area contributed by atoms with Crippen LogP contribution in [0.5, 0.6) is 0 Å². The number of carbonyl (C=O) groups excluding carboxylic acids is 2. The molecule has 2 rings (SSSR count). The number of hydrogen-bond donors (Lipinski definition) is 2. The Morgan fingerprint density at radius 3 is 2.48 bits per heavy atom. The highest BCUT2D eigenvalue weighted by Crippen LogP contribution is 2.23. The van der Waals surface area contributed by atoms with Gasteiger partial charge in [0.25, 0.3) is 0 Å². The van der Waals surface area contributed by atoms with Gasteiger partial charge in [-0.05, 0) is 37.1 Å². The maximum Gasteiger partial charge on any atom is 0.245 e. The summed E-state index contributed by atoms with van der Waals surface area (Å²) in [4.78, 5) is 24.4. The lowest BCUT2D eigenvalue weighted by molar-refractivity contribution is -0.125. The van der Waals surface area contributed by atoms with Crippen molar-refractivity contribution < 1.29 is 9.59 Å². The highest BCUT2D eigenvalue weighted by Gasteiger charge is 2.36. The molecule has 0 spiro atoms. The lowest BCUT2D eigenvalue weighted by Crippen LogP contribution is -2.49. The second-order valence-corrected chi connectivity index (χ2v) is 6.32. The van der Waals surface area contributed by atoms with Crippen molar-refractivity contribution in [2.75, 3.05) is 5.01 Å². The maximum atomic E-state index is 12.6. The van der Waals surface area contributed by atoms with Crippen LogP contribution in [-0.2, 0) is 9.59 Å². The van der Waals surface area contributed by atoms with Gasteiger partial charge >= 0.3 is 0 Å². The largest absolute Gasteiger partial charge is 0.352 e. The van der Waals surface area contributed by atoms with E-state index < -0.39 is 6.04 Å². The number of benzene rings is 1. The van der Waals surface area contributed by atoms with Crippen LogP contribution in [0.4, 0.5) is 5.69 Å². The first-order valence-electron chi connectivity index (χ1n) is 8.19. The Morgan fingerprint density at radius 1 is 1.30 bits per heavy atom. The smallest absolute Gasteiger partial charge is 0.245 e. The summed E-state index contributed by atoms with van der Waals surface area (Å²) in [5.74, 6) is -0.257. The summed E-state index contributed by atoms with van der Waals surface area (Å²) in [5, 5.41) is 5.34. The van der Waals surface area contributed by atoms with E-state index >= 15 is 0 Å². The molecule has 0 aromatic heterocycles. The van der Waals surface area contributed by atoms with E-state index in [-0.39, 0.29) is 24.3 Å². The molecule has 1 aliphatic heterocycles. The topological polar surface area (TPSA) is 61.4 Å². The predicted molar refractivity (Wildman–Crippen MR) is 92.2 cm³/mol. The van der Waals surface area contributed by atoms with E-state index in [1.807, 2.05) is 0 Å². The van der Waals surface area contributed by atoms with Gasteiger partial charge in [-0.15, -0.1) is 0 Å². The van der Waals surface area contributed by atoms with Crippen molar-refractivity contribution in [2.24, 2.45) is 0 Å². The van der Waals surface area contributed by atoms with Crippen molar-refractivity contribution in [1.82, 2.24) is 10.7 Å². The quantitative estimate of drug-likeness (QED) is 0.804. The monoisotopic (exact) mass is 337 g/mol. The molecule has 1 fully saturated rings. The number of halogens is 1. The van der Waals surface area contributed by atoms with E-state index in [2.05, 4.69) is 24.6 Å².